The molecule has 2 aromatic carbocycles. The molecule has 2 aromatic rings. The van der Waals surface area contributed by atoms with E-state index in [1.54, 1.807) is 7.11 Å². The van der Waals surface area contributed by atoms with Crippen molar-refractivity contribution in [1.82, 2.24) is 0 Å². The highest BCUT2D eigenvalue weighted by atomic mass is 16.5. The molecule has 3 nitrogen and oxygen atoms in total. The van der Waals surface area contributed by atoms with Crippen molar-refractivity contribution in [2.45, 2.75) is 27.2 Å². The second kappa shape index (κ2) is 5.45. The monoisotopic (exact) mass is 272 g/mol. The van der Waals surface area contributed by atoms with Crippen molar-refractivity contribution in [3.05, 3.63) is 52.1 Å². The average molecular weight is 272 g/mol. The fraction of sp³-hybridized carbons (Fsp3) is 0.294. The first-order valence-electron chi connectivity index (χ1n) is 6.58. The summed E-state index contributed by atoms with van der Waals surface area (Å²) in [5.41, 5.74) is 4.62. The lowest BCUT2D eigenvalue weighted by Gasteiger charge is -2.12. The largest absolute Gasteiger partial charge is 0.507 e. The first-order valence-corrected chi connectivity index (χ1v) is 6.58. The van der Waals surface area contributed by atoms with Crippen LogP contribution in [0.1, 0.15) is 27.8 Å². The third-order valence-electron chi connectivity index (χ3n) is 3.46. The molecule has 0 amide bonds. The topological polar surface area (TPSA) is 49.7 Å². The summed E-state index contributed by atoms with van der Waals surface area (Å²) in [6.07, 6.45) is 0.603. The predicted octanol–water partition coefficient (Wildman–Crippen LogP) is 3.62. The van der Waals surface area contributed by atoms with Gasteiger partial charge in [0.15, 0.2) is 11.5 Å². The van der Waals surface area contributed by atoms with Gasteiger partial charge in [0.25, 0.3) is 0 Å². The van der Waals surface area contributed by atoms with Gasteiger partial charge in [-0.25, -0.2) is 0 Å². The number of hydrogen-bond acceptors (Lipinski definition) is 3. The first kappa shape index (κ1) is 14.3. The van der Waals surface area contributed by atoms with Gasteiger partial charge < -0.3 is 14.9 Å². The minimum absolute atomic E-state index is 0.182. The minimum Gasteiger partial charge on any atom is -0.507 e. The zero-order valence-electron chi connectivity index (χ0n) is 12.3. The molecule has 0 heterocycles. The second-order valence-electron chi connectivity index (χ2n) is 5.23. The van der Waals surface area contributed by atoms with E-state index in [1.807, 2.05) is 45.0 Å². The van der Waals surface area contributed by atoms with Crippen molar-refractivity contribution in [3.8, 4) is 17.2 Å². The molecule has 0 aliphatic rings. The van der Waals surface area contributed by atoms with Gasteiger partial charge >= 0.3 is 0 Å². The third-order valence-corrected chi connectivity index (χ3v) is 3.46. The van der Waals surface area contributed by atoms with Crippen LogP contribution in [-0.4, -0.2) is 17.3 Å². The molecular formula is C17H20O3. The lowest BCUT2D eigenvalue weighted by Crippen LogP contribution is -1.95. The smallest absolute Gasteiger partial charge is 0.161 e. The molecule has 0 saturated carbocycles. The number of benzene rings is 2. The molecule has 0 aromatic heterocycles. The fourth-order valence-electron chi connectivity index (χ4n) is 2.48. The maximum atomic E-state index is 10.2. The molecule has 0 fully saturated rings. The van der Waals surface area contributed by atoms with Gasteiger partial charge in [-0.1, -0.05) is 18.2 Å². The number of rotatable bonds is 3. The molecule has 0 aliphatic carbocycles. The summed E-state index contributed by atoms with van der Waals surface area (Å²) < 4.78 is 5.18. The van der Waals surface area contributed by atoms with E-state index in [-0.39, 0.29) is 5.75 Å². The molecule has 3 heteroatoms. The van der Waals surface area contributed by atoms with Gasteiger partial charge in [0, 0.05) is 12.0 Å². The number of hydrogen-bond donors (Lipinski definition) is 2. The van der Waals surface area contributed by atoms with Crippen molar-refractivity contribution in [2.75, 3.05) is 7.11 Å². The summed E-state index contributed by atoms with van der Waals surface area (Å²) in [7, 11) is 1.55. The summed E-state index contributed by atoms with van der Waals surface area (Å²) >= 11 is 0. The molecule has 2 N–H and O–H groups in total. The molecule has 0 unspecified atom stereocenters. The Kier molecular flexibility index (Phi) is 3.89. The molecular weight excluding hydrogens is 252 g/mol. The SMILES string of the molecule is COc1cc(C)cc(Cc2cc(C)c(O)c(C)c2)c1O. The van der Waals surface area contributed by atoms with Crippen LogP contribution in [0.3, 0.4) is 0 Å². The Balaban J connectivity index is 2.42. The maximum absolute atomic E-state index is 10.2. The Bertz CT molecular complexity index is 622. The highest BCUT2D eigenvalue weighted by Gasteiger charge is 2.11. The highest BCUT2D eigenvalue weighted by Crippen LogP contribution is 2.33. The number of phenols is 2. The molecule has 0 bridgehead atoms. The summed E-state index contributed by atoms with van der Waals surface area (Å²) in [5.74, 6) is 1.01. The van der Waals surface area contributed by atoms with Gasteiger partial charge in [0.1, 0.15) is 5.75 Å². The Morgan fingerprint density at radius 3 is 2.05 bits per heavy atom. The van der Waals surface area contributed by atoms with E-state index in [1.165, 1.54) is 0 Å². The van der Waals surface area contributed by atoms with Crippen LogP contribution in [0.15, 0.2) is 24.3 Å². The highest BCUT2D eigenvalue weighted by molar-refractivity contribution is 5.51. The first-order chi connectivity index (χ1) is 9.42. The van der Waals surface area contributed by atoms with Crippen LogP contribution in [0.25, 0.3) is 0 Å². The summed E-state index contributed by atoms with van der Waals surface area (Å²) in [4.78, 5) is 0. The van der Waals surface area contributed by atoms with Crippen LogP contribution < -0.4 is 4.74 Å². The van der Waals surface area contributed by atoms with Crippen molar-refractivity contribution in [1.29, 1.82) is 0 Å². The molecule has 106 valence electrons. The van der Waals surface area contributed by atoms with E-state index in [2.05, 4.69) is 0 Å². The Labute approximate surface area is 119 Å². The Morgan fingerprint density at radius 1 is 0.900 bits per heavy atom. The van der Waals surface area contributed by atoms with Crippen LogP contribution in [0.4, 0.5) is 0 Å². The molecule has 0 atom stereocenters. The number of aryl methyl sites for hydroxylation is 3. The van der Waals surface area contributed by atoms with Crippen LogP contribution in [-0.2, 0) is 6.42 Å². The maximum Gasteiger partial charge on any atom is 0.161 e. The average Bonchev–Trinajstić information content (AvgIpc) is 2.39. The lowest BCUT2D eigenvalue weighted by molar-refractivity contribution is 0.370. The van der Waals surface area contributed by atoms with E-state index in [0.29, 0.717) is 17.9 Å². The lowest BCUT2D eigenvalue weighted by atomic mass is 9.98. The summed E-state index contributed by atoms with van der Waals surface area (Å²) in [6.45, 7) is 5.73. The van der Waals surface area contributed by atoms with Gasteiger partial charge in [-0.05, 0) is 49.1 Å². The number of ether oxygens (including phenoxy) is 1. The van der Waals surface area contributed by atoms with E-state index in [0.717, 1.165) is 27.8 Å². The standard InChI is InChI=1S/C17H20O3/c1-10-5-14(17(19)15(6-10)20-4)9-13-7-11(2)16(18)12(3)8-13/h5-8,18-19H,9H2,1-4H3. The second-order valence-corrected chi connectivity index (χ2v) is 5.23. The number of aromatic hydroxyl groups is 2. The van der Waals surface area contributed by atoms with Crippen LogP contribution in [0.5, 0.6) is 17.2 Å². The van der Waals surface area contributed by atoms with Crippen LogP contribution in [0, 0.1) is 20.8 Å². The predicted molar refractivity (Wildman–Crippen MR) is 79.8 cm³/mol. The molecule has 20 heavy (non-hydrogen) atoms. The summed E-state index contributed by atoms with van der Waals surface area (Å²) in [6, 6.07) is 7.65. The van der Waals surface area contributed by atoms with E-state index in [9.17, 15) is 10.2 Å². The van der Waals surface area contributed by atoms with Gasteiger partial charge in [-0.15, -0.1) is 0 Å². The van der Waals surface area contributed by atoms with Gasteiger partial charge in [0.05, 0.1) is 7.11 Å². The van der Waals surface area contributed by atoms with Gasteiger partial charge in [-0.3, -0.25) is 0 Å². The Hall–Kier alpha value is -2.16. The molecule has 0 spiro atoms. The van der Waals surface area contributed by atoms with Crippen molar-refractivity contribution < 1.29 is 14.9 Å². The van der Waals surface area contributed by atoms with Crippen LogP contribution >= 0.6 is 0 Å². The Morgan fingerprint density at radius 2 is 1.50 bits per heavy atom. The van der Waals surface area contributed by atoms with E-state index in [4.69, 9.17) is 4.74 Å². The van der Waals surface area contributed by atoms with Crippen molar-refractivity contribution >= 4 is 0 Å². The normalized spacial score (nSPS) is 10.6. The number of phenolic OH excluding ortho intramolecular Hbond substituents is 2. The van der Waals surface area contributed by atoms with Crippen molar-refractivity contribution in [2.24, 2.45) is 0 Å². The van der Waals surface area contributed by atoms with Gasteiger partial charge in [-0.2, -0.15) is 0 Å². The molecule has 0 aliphatic heterocycles. The van der Waals surface area contributed by atoms with Crippen LogP contribution in [0.2, 0.25) is 0 Å². The number of methoxy groups -OCH3 is 1. The summed E-state index contributed by atoms with van der Waals surface area (Å²) in [5, 5.41) is 20.0. The third kappa shape index (κ3) is 2.72. The van der Waals surface area contributed by atoms with E-state index >= 15 is 0 Å². The zero-order valence-corrected chi connectivity index (χ0v) is 12.3. The van der Waals surface area contributed by atoms with Crippen molar-refractivity contribution in [3.63, 3.8) is 0 Å². The molecule has 2 rings (SSSR count). The molecule has 0 radical (unpaired) electrons. The van der Waals surface area contributed by atoms with E-state index < -0.39 is 0 Å². The fourth-order valence-corrected chi connectivity index (χ4v) is 2.48. The zero-order chi connectivity index (χ0) is 14.9. The van der Waals surface area contributed by atoms with Gasteiger partial charge in [0.2, 0.25) is 0 Å². The molecule has 0 saturated heterocycles. The minimum atomic E-state index is 0.182. The quantitative estimate of drug-likeness (QED) is 0.897.